The first kappa shape index (κ1) is 15.1. The number of benzene rings is 2. The molecule has 0 saturated carbocycles. The summed E-state index contributed by atoms with van der Waals surface area (Å²) in [5.41, 5.74) is 1.95. The van der Waals surface area contributed by atoms with Crippen molar-refractivity contribution in [1.29, 1.82) is 0 Å². The van der Waals surface area contributed by atoms with Crippen LogP contribution in [0, 0.1) is 0 Å². The number of para-hydroxylation sites is 1. The molecule has 0 aliphatic heterocycles. The first-order valence-electron chi connectivity index (χ1n) is 7.06. The summed E-state index contributed by atoms with van der Waals surface area (Å²) >= 11 is 0. The molecule has 0 fully saturated rings. The largest absolute Gasteiger partial charge is 0.377 e. The van der Waals surface area contributed by atoms with Gasteiger partial charge in [-0.2, -0.15) is 0 Å². The molecular formula is C17H20N2O2. The van der Waals surface area contributed by atoms with Gasteiger partial charge in [-0.15, -0.1) is 0 Å². The average molecular weight is 284 g/mol. The van der Waals surface area contributed by atoms with E-state index in [9.17, 15) is 4.79 Å². The molecule has 21 heavy (non-hydrogen) atoms. The van der Waals surface area contributed by atoms with Gasteiger partial charge in [0.1, 0.15) is 0 Å². The quantitative estimate of drug-likeness (QED) is 0.765. The van der Waals surface area contributed by atoms with Gasteiger partial charge in [0.05, 0.1) is 6.61 Å². The van der Waals surface area contributed by atoms with Gasteiger partial charge in [-0.1, -0.05) is 48.5 Å². The molecule has 0 unspecified atom stereocenters. The van der Waals surface area contributed by atoms with Crippen LogP contribution < -0.4 is 10.6 Å². The normalized spacial score (nSPS) is 10.1. The highest BCUT2D eigenvalue weighted by atomic mass is 16.5. The zero-order chi connectivity index (χ0) is 14.8. The number of hydrogen-bond acceptors (Lipinski definition) is 2. The monoisotopic (exact) mass is 284 g/mol. The standard InChI is InChI=1S/C17H20N2O2/c20-17(19-16-10-5-2-6-11-16)18-12-7-13-21-14-15-8-3-1-4-9-15/h1-6,8-11H,7,12-14H2,(H2,18,19,20). The Morgan fingerprint density at radius 3 is 2.33 bits per heavy atom. The van der Waals surface area contributed by atoms with Gasteiger partial charge in [0.25, 0.3) is 0 Å². The second-order valence-electron chi connectivity index (χ2n) is 4.64. The van der Waals surface area contributed by atoms with E-state index in [2.05, 4.69) is 10.6 Å². The third-order valence-electron chi connectivity index (χ3n) is 2.89. The summed E-state index contributed by atoms with van der Waals surface area (Å²) in [5.74, 6) is 0. The van der Waals surface area contributed by atoms with Crippen LogP contribution in [0.4, 0.5) is 10.5 Å². The molecule has 0 saturated heterocycles. The average Bonchev–Trinajstić information content (AvgIpc) is 2.53. The molecule has 2 N–H and O–H groups in total. The van der Waals surface area contributed by atoms with Crippen LogP contribution in [0.1, 0.15) is 12.0 Å². The number of rotatable bonds is 7. The summed E-state index contributed by atoms with van der Waals surface area (Å²) in [4.78, 5) is 11.6. The van der Waals surface area contributed by atoms with Gasteiger partial charge in [0.15, 0.2) is 0 Å². The lowest BCUT2D eigenvalue weighted by atomic mass is 10.2. The number of hydrogen-bond donors (Lipinski definition) is 2. The lowest BCUT2D eigenvalue weighted by Crippen LogP contribution is -2.30. The van der Waals surface area contributed by atoms with Crippen LogP contribution >= 0.6 is 0 Å². The van der Waals surface area contributed by atoms with Gasteiger partial charge in [-0.3, -0.25) is 0 Å². The van der Waals surface area contributed by atoms with Crippen LogP contribution in [0.3, 0.4) is 0 Å². The molecule has 0 aliphatic carbocycles. The van der Waals surface area contributed by atoms with Gasteiger partial charge in [-0.05, 0) is 24.1 Å². The summed E-state index contributed by atoms with van der Waals surface area (Å²) in [6.45, 7) is 1.82. The molecule has 0 aromatic heterocycles. The number of ether oxygens (including phenoxy) is 1. The Morgan fingerprint density at radius 1 is 0.952 bits per heavy atom. The Kier molecular flexibility index (Phi) is 6.29. The van der Waals surface area contributed by atoms with Crippen molar-refractivity contribution >= 4 is 11.7 Å². The van der Waals surface area contributed by atoms with Crippen LogP contribution in [0.2, 0.25) is 0 Å². The molecule has 4 heteroatoms. The highest BCUT2D eigenvalue weighted by Gasteiger charge is 1.99. The van der Waals surface area contributed by atoms with Gasteiger partial charge in [-0.25, -0.2) is 4.79 Å². The third kappa shape index (κ3) is 6.10. The Bertz CT molecular complexity index is 529. The summed E-state index contributed by atoms with van der Waals surface area (Å²) in [6.07, 6.45) is 0.787. The molecule has 0 bridgehead atoms. The van der Waals surface area contributed by atoms with Gasteiger partial charge >= 0.3 is 6.03 Å². The molecule has 0 atom stereocenters. The fourth-order valence-corrected chi connectivity index (χ4v) is 1.84. The maximum absolute atomic E-state index is 11.6. The molecular weight excluding hydrogens is 264 g/mol. The molecule has 2 amide bonds. The Morgan fingerprint density at radius 2 is 1.62 bits per heavy atom. The lowest BCUT2D eigenvalue weighted by Gasteiger charge is -2.08. The van der Waals surface area contributed by atoms with E-state index in [0.717, 1.165) is 17.7 Å². The molecule has 0 spiro atoms. The van der Waals surface area contributed by atoms with Crippen LogP contribution in [0.25, 0.3) is 0 Å². The number of carbonyl (C=O) groups is 1. The maximum Gasteiger partial charge on any atom is 0.319 e. The van der Waals surface area contributed by atoms with Crippen molar-refractivity contribution in [2.75, 3.05) is 18.5 Å². The molecule has 0 radical (unpaired) electrons. The van der Waals surface area contributed by atoms with Gasteiger partial charge in [0, 0.05) is 18.8 Å². The van der Waals surface area contributed by atoms with E-state index >= 15 is 0 Å². The highest BCUT2D eigenvalue weighted by molar-refractivity contribution is 5.89. The summed E-state index contributed by atoms with van der Waals surface area (Å²) in [7, 11) is 0. The molecule has 110 valence electrons. The number of amides is 2. The molecule has 2 rings (SSSR count). The van der Waals surface area contributed by atoms with E-state index in [1.165, 1.54) is 0 Å². The fourth-order valence-electron chi connectivity index (χ4n) is 1.84. The van der Waals surface area contributed by atoms with Crippen LogP contribution in [0.5, 0.6) is 0 Å². The second-order valence-corrected chi connectivity index (χ2v) is 4.64. The third-order valence-corrected chi connectivity index (χ3v) is 2.89. The van der Waals surface area contributed by atoms with E-state index in [0.29, 0.717) is 19.8 Å². The smallest absolute Gasteiger partial charge is 0.319 e. The van der Waals surface area contributed by atoms with Gasteiger partial charge < -0.3 is 15.4 Å². The molecule has 2 aromatic rings. The van der Waals surface area contributed by atoms with Crippen molar-refractivity contribution in [1.82, 2.24) is 5.32 Å². The Hall–Kier alpha value is -2.33. The van der Waals surface area contributed by atoms with E-state index in [1.54, 1.807) is 0 Å². The van der Waals surface area contributed by atoms with Crippen molar-refractivity contribution in [2.24, 2.45) is 0 Å². The number of carbonyl (C=O) groups excluding carboxylic acids is 1. The predicted octanol–water partition coefficient (Wildman–Crippen LogP) is 3.42. The van der Waals surface area contributed by atoms with E-state index in [1.807, 2.05) is 60.7 Å². The van der Waals surface area contributed by atoms with E-state index in [4.69, 9.17) is 4.74 Å². The Labute approximate surface area is 125 Å². The zero-order valence-electron chi connectivity index (χ0n) is 11.9. The topological polar surface area (TPSA) is 50.4 Å². The van der Waals surface area contributed by atoms with Gasteiger partial charge in [0.2, 0.25) is 0 Å². The summed E-state index contributed by atoms with van der Waals surface area (Å²) in [6, 6.07) is 19.2. The van der Waals surface area contributed by atoms with Crippen LogP contribution in [-0.2, 0) is 11.3 Å². The number of urea groups is 1. The first-order chi connectivity index (χ1) is 10.3. The fraction of sp³-hybridized carbons (Fsp3) is 0.235. The minimum Gasteiger partial charge on any atom is -0.377 e. The predicted molar refractivity (Wildman–Crippen MR) is 84.2 cm³/mol. The summed E-state index contributed by atoms with van der Waals surface area (Å²) < 4.78 is 5.55. The number of anilines is 1. The van der Waals surface area contributed by atoms with E-state index < -0.39 is 0 Å². The van der Waals surface area contributed by atoms with Crippen LogP contribution in [0.15, 0.2) is 60.7 Å². The van der Waals surface area contributed by atoms with Crippen LogP contribution in [-0.4, -0.2) is 19.2 Å². The van der Waals surface area contributed by atoms with Crippen molar-refractivity contribution in [3.63, 3.8) is 0 Å². The van der Waals surface area contributed by atoms with Crippen molar-refractivity contribution < 1.29 is 9.53 Å². The SMILES string of the molecule is O=C(NCCCOCc1ccccc1)Nc1ccccc1. The maximum atomic E-state index is 11.6. The Balaban J connectivity index is 1.52. The minimum atomic E-state index is -0.191. The second kappa shape index (κ2) is 8.76. The minimum absolute atomic E-state index is 0.191. The molecule has 0 heterocycles. The highest BCUT2D eigenvalue weighted by Crippen LogP contribution is 2.04. The molecule has 4 nitrogen and oxygen atoms in total. The zero-order valence-corrected chi connectivity index (χ0v) is 11.9. The lowest BCUT2D eigenvalue weighted by molar-refractivity contribution is 0.119. The van der Waals surface area contributed by atoms with Crippen molar-refractivity contribution in [3.8, 4) is 0 Å². The summed E-state index contributed by atoms with van der Waals surface area (Å²) in [5, 5.41) is 5.57. The first-order valence-corrected chi connectivity index (χ1v) is 7.06. The van der Waals surface area contributed by atoms with Crippen molar-refractivity contribution in [2.45, 2.75) is 13.0 Å². The molecule has 2 aromatic carbocycles. The molecule has 0 aliphatic rings. The van der Waals surface area contributed by atoms with Crippen molar-refractivity contribution in [3.05, 3.63) is 66.2 Å². The van der Waals surface area contributed by atoms with E-state index in [-0.39, 0.29) is 6.03 Å². The number of nitrogens with one attached hydrogen (secondary N) is 2.